The summed E-state index contributed by atoms with van der Waals surface area (Å²) in [6, 6.07) is 16.6. The zero-order valence-electron chi connectivity index (χ0n) is 14.7. The third-order valence-corrected chi connectivity index (χ3v) is 4.39. The number of rotatable bonds is 4. The van der Waals surface area contributed by atoms with Crippen LogP contribution < -0.4 is 0 Å². The fourth-order valence-corrected chi connectivity index (χ4v) is 3.27. The van der Waals surface area contributed by atoms with Crippen molar-refractivity contribution in [1.29, 1.82) is 0 Å². The molecule has 0 aliphatic carbocycles. The van der Waals surface area contributed by atoms with Crippen molar-refractivity contribution in [2.75, 3.05) is 0 Å². The van der Waals surface area contributed by atoms with E-state index in [4.69, 9.17) is 4.98 Å². The Morgan fingerprint density at radius 1 is 0.960 bits per heavy atom. The van der Waals surface area contributed by atoms with Crippen LogP contribution in [0.3, 0.4) is 0 Å². The molecule has 0 unspecified atom stereocenters. The zero-order valence-corrected chi connectivity index (χ0v) is 14.7. The first-order chi connectivity index (χ1) is 12.2. The lowest BCUT2D eigenvalue weighted by Gasteiger charge is -2.10. The summed E-state index contributed by atoms with van der Waals surface area (Å²) in [6.45, 7) is 7.26. The second-order valence-corrected chi connectivity index (χ2v) is 6.33. The molecule has 126 valence electrons. The van der Waals surface area contributed by atoms with Gasteiger partial charge in [-0.05, 0) is 45.0 Å². The molecule has 4 rings (SSSR count). The predicted octanol–water partition coefficient (Wildman–Crippen LogP) is 4.74. The SMILES string of the molecule is CCn1c(/C=N/c2nc3ccccc3n2C(C)C)nc2ccccc21. The number of hydrogen-bond acceptors (Lipinski definition) is 3. The van der Waals surface area contributed by atoms with Crippen molar-refractivity contribution in [2.24, 2.45) is 4.99 Å². The minimum atomic E-state index is 0.282. The van der Waals surface area contributed by atoms with E-state index < -0.39 is 0 Å². The van der Waals surface area contributed by atoms with Crippen molar-refractivity contribution < 1.29 is 0 Å². The summed E-state index contributed by atoms with van der Waals surface area (Å²) in [5.41, 5.74) is 4.19. The van der Waals surface area contributed by atoms with Crippen LogP contribution in [-0.2, 0) is 6.54 Å². The van der Waals surface area contributed by atoms with E-state index in [-0.39, 0.29) is 6.04 Å². The minimum Gasteiger partial charge on any atom is -0.323 e. The number of hydrogen-bond donors (Lipinski definition) is 0. The van der Waals surface area contributed by atoms with E-state index in [0.717, 1.165) is 34.4 Å². The average molecular weight is 331 g/mol. The zero-order chi connectivity index (χ0) is 17.4. The van der Waals surface area contributed by atoms with Gasteiger partial charge < -0.3 is 9.13 Å². The molecule has 2 heterocycles. The molecule has 0 N–H and O–H groups in total. The highest BCUT2D eigenvalue weighted by molar-refractivity contribution is 5.86. The Balaban J connectivity index is 1.83. The van der Waals surface area contributed by atoms with Gasteiger partial charge in [0.1, 0.15) is 0 Å². The highest BCUT2D eigenvalue weighted by Gasteiger charge is 2.12. The van der Waals surface area contributed by atoms with Gasteiger partial charge in [0.25, 0.3) is 0 Å². The Kier molecular flexibility index (Phi) is 3.84. The van der Waals surface area contributed by atoms with Gasteiger partial charge in [0.05, 0.1) is 28.3 Å². The van der Waals surface area contributed by atoms with E-state index in [9.17, 15) is 0 Å². The number of para-hydroxylation sites is 4. The van der Waals surface area contributed by atoms with Crippen molar-refractivity contribution in [3.63, 3.8) is 0 Å². The summed E-state index contributed by atoms with van der Waals surface area (Å²) in [7, 11) is 0. The number of imidazole rings is 2. The smallest absolute Gasteiger partial charge is 0.230 e. The first kappa shape index (κ1) is 15.6. The van der Waals surface area contributed by atoms with Crippen LogP contribution in [0.1, 0.15) is 32.6 Å². The summed E-state index contributed by atoms with van der Waals surface area (Å²) in [4.78, 5) is 14.1. The number of aromatic nitrogens is 4. The summed E-state index contributed by atoms with van der Waals surface area (Å²) in [5, 5.41) is 0. The van der Waals surface area contributed by atoms with Crippen molar-refractivity contribution >= 4 is 34.2 Å². The van der Waals surface area contributed by atoms with Crippen LogP contribution >= 0.6 is 0 Å². The van der Waals surface area contributed by atoms with E-state index in [1.54, 1.807) is 0 Å². The molecule has 4 aromatic rings. The molecule has 0 fully saturated rings. The van der Waals surface area contributed by atoms with Crippen molar-refractivity contribution in [3.8, 4) is 0 Å². The maximum absolute atomic E-state index is 4.70. The molecule has 2 aromatic carbocycles. The summed E-state index contributed by atoms with van der Waals surface area (Å²) < 4.78 is 4.33. The lowest BCUT2D eigenvalue weighted by molar-refractivity contribution is 0.622. The van der Waals surface area contributed by atoms with Gasteiger partial charge in [0, 0.05) is 12.6 Å². The molecule has 5 heteroatoms. The number of aliphatic imine (C=N–C) groups is 1. The van der Waals surface area contributed by atoms with E-state index >= 15 is 0 Å². The molecule has 0 aliphatic heterocycles. The molecule has 0 radical (unpaired) electrons. The van der Waals surface area contributed by atoms with Crippen LogP contribution in [-0.4, -0.2) is 25.3 Å². The molecule has 0 amide bonds. The van der Waals surface area contributed by atoms with E-state index in [1.807, 2.05) is 42.6 Å². The molecule has 0 aliphatic rings. The molecule has 5 nitrogen and oxygen atoms in total. The number of nitrogens with zero attached hydrogens (tertiary/aromatic N) is 5. The van der Waals surface area contributed by atoms with Gasteiger partial charge in [-0.3, -0.25) is 0 Å². The Morgan fingerprint density at radius 3 is 2.28 bits per heavy atom. The van der Waals surface area contributed by atoms with Gasteiger partial charge in [0.15, 0.2) is 5.82 Å². The van der Waals surface area contributed by atoms with E-state index in [1.165, 1.54) is 0 Å². The fraction of sp³-hybridized carbons (Fsp3) is 0.250. The molecular formula is C20H21N5. The molecule has 0 saturated carbocycles. The maximum atomic E-state index is 4.70. The largest absolute Gasteiger partial charge is 0.323 e. The Bertz CT molecular complexity index is 1070. The first-order valence-electron chi connectivity index (χ1n) is 8.65. The topological polar surface area (TPSA) is 48.0 Å². The number of fused-ring (bicyclic) bond motifs is 2. The fourth-order valence-electron chi connectivity index (χ4n) is 3.27. The summed E-state index contributed by atoms with van der Waals surface area (Å²) in [6.07, 6.45) is 1.82. The minimum absolute atomic E-state index is 0.282. The normalized spacial score (nSPS) is 12.2. The van der Waals surface area contributed by atoms with E-state index in [2.05, 4.69) is 52.0 Å². The third kappa shape index (κ3) is 2.61. The van der Waals surface area contributed by atoms with Crippen LogP contribution in [0, 0.1) is 0 Å². The van der Waals surface area contributed by atoms with Crippen molar-refractivity contribution in [2.45, 2.75) is 33.4 Å². The van der Waals surface area contributed by atoms with Gasteiger partial charge in [-0.25, -0.2) is 15.0 Å². The van der Waals surface area contributed by atoms with Gasteiger partial charge in [-0.1, -0.05) is 24.3 Å². The summed E-state index contributed by atoms with van der Waals surface area (Å²) >= 11 is 0. The molecule has 0 atom stereocenters. The monoisotopic (exact) mass is 331 g/mol. The lowest BCUT2D eigenvalue weighted by Crippen LogP contribution is -2.02. The Labute approximate surface area is 146 Å². The molecular weight excluding hydrogens is 310 g/mol. The Hall–Kier alpha value is -2.95. The highest BCUT2D eigenvalue weighted by atomic mass is 15.2. The maximum Gasteiger partial charge on any atom is 0.230 e. The van der Waals surface area contributed by atoms with E-state index in [0.29, 0.717) is 5.95 Å². The van der Waals surface area contributed by atoms with Crippen LogP contribution in [0.2, 0.25) is 0 Å². The second-order valence-electron chi connectivity index (χ2n) is 6.33. The van der Waals surface area contributed by atoms with Crippen LogP contribution in [0.25, 0.3) is 22.1 Å². The third-order valence-electron chi connectivity index (χ3n) is 4.39. The number of benzene rings is 2. The number of aryl methyl sites for hydroxylation is 1. The van der Waals surface area contributed by atoms with Gasteiger partial charge >= 0.3 is 0 Å². The molecule has 0 spiro atoms. The summed E-state index contributed by atoms with van der Waals surface area (Å²) in [5.74, 6) is 1.57. The molecule has 0 saturated heterocycles. The second kappa shape index (κ2) is 6.16. The van der Waals surface area contributed by atoms with Crippen molar-refractivity contribution in [1.82, 2.24) is 19.1 Å². The van der Waals surface area contributed by atoms with Gasteiger partial charge in [-0.15, -0.1) is 0 Å². The lowest BCUT2D eigenvalue weighted by atomic mass is 10.3. The van der Waals surface area contributed by atoms with Gasteiger partial charge in [-0.2, -0.15) is 0 Å². The average Bonchev–Trinajstić information content (AvgIpc) is 3.17. The quantitative estimate of drug-likeness (QED) is 0.507. The van der Waals surface area contributed by atoms with Crippen LogP contribution in [0.5, 0.6) is 0 Å². The standard InChI is InChI=1S/C20H21N5/c1-4-24-17-11-7-5-9-15(17)22-19(24)13-21-20-23-16-10-6-8-12-18(16)25(20)14(2)3/h5-14H,4H2,1-3H3/b21-13+. The van der Waals surface area contributed by atoms with Crippen LogP contribution in [0.4, 0.5) is 5.95 Å². The predicted molar refractivity (Wildman–Crippen MR) is 103 cm³/mol. The Morgan fingerprint density at radius 2 is 1.60 bits per heavy atom. The highest BCUT2D eigenvalue weighted by Crippen LogP contribution is 2.26. The van der Waals surface area contributed by atoms with Crippen LogP contribution in [0.15, 0.2) is 53.5 Å². The first-order valence-corrected chi connectivity index (χ1v) is 8.65. The van der Waals surface area contributed by atoms with Gasteiger partial charge in [0.2, 0.25) is 5.95 Å². The molecule has 0 bridgehead atoms. The molecule has 2 aromatic heterocycles. The molecule has 25 heavy (non-hydrogen) atoms. The van der Waals surface area contributed by atoms with Crippen molar-refractivity contribution in [3.05, 3.63) is 54.4 Å².